The highest BCUT2D eigenvalue weighted by molar-refractivity contribution is 5.82. The predicted molar refractivity (Wildman–Crippen MR) is 126 cm³/mol. The van der Waals surface area contributed by atoms with Crippen LogP contribution in [0.1, 0.15) is 50.7 Å². The fourth-order valence-electron chi connectivity index (χ4n) is 4.01. The number of hydrogen-bond donors (Lipinski definition) is 2. The molecule has 35 heavy (non-hydrogen) atoms. The van der Waals surface area contributed by atoms with E-state index in [1.54, 1.807) is 0 Å². The summed E-state index contributed by atoms with van der Waals surface area (Å²) in [5, 5.41) is 11.2. The Morgan fingerprint density at radius 2 is 1.40 bits per heavy atom. The van der Waals surface area contributed by atoms with Crippen LogP contribution in [0.5, 0.6) is 0 Å². The molecule has 9 heteroatoms. The van der Waals surface area contributed by atoms with Crippen molar-refractivity contribution in [1.82, 2.24) is 5.32 Å². The van der Waals surface area contributed by atoms with Crippen LogP contribution in [-0.4, -0.2) is 54.0 Å². The zero-order valence-corrected chi connectivity index (χ0v) is 19.9. The number of nitrogens with one attached hydrogen (secondary N) is 1. The Bertz CT molecular complexity index is 1050. The van der Waals surface area contributed by atoms with Crippen LogP contribution in [-0.2, 0) is 28.6 Å². The standard InChI is InChI=1S/C26H29NO8/c1-15(12-23(28)29)34-24(30)13-16(2)35-25(31)17(3)27-26(32)33-14-22-20-10-6-4-8-18(20)19-9-5-7-11-21(19)22/h4-11,15-17,22H,12-14H2,1-3H3,(H,27,32)(H,28,29)/t15-,16-,17+/m1/s1. The summed E-state index contributed by atoms with van der Waals surface area (Å²) in [4.78, 5) is 47.2. The van der Waals surface area contributed by atoms with Crippen molar-refractivity contribution in [2.45, 2.75) is 57.8 Å². The molecule has 1 aliphatic rings. The zero-order chi connectivity index (χ0) is 25.5. The van der Waals surface area contributed by atoms with Crippen molar-refractivity contribution < 1.29 is 38.5 Å². The molecule has 0 radical (unpaired) electrons. The first-order valence-electron chi connectivity index (χ1n) is 11.4. The maximum atomic E-state index is 12.3. The Morgan fingerprint density at radius 1 is 0.857 bits per heavy atom. The van der Waals surface area contributed by atoms with Crippen LogP contribution in [0.2, 0.25) is 0 Å². The van der Waals surface area contributed by atoms with Crippen molar-refractivity contribution in [2.75, 3.05) is 6.61 Å². The molecular formula is C26H29NO8. The van der Waals surface area contributed by atoms with Crippen LogP contribution in [0.3, 0.4) is 0 Å². The topological polar surface area (TPSA) is 128 Å². The van der Waals surface area contributed by atoms with E-state index >= 15 is 0 Å². The SMILES string of the molecule is C[C@H](CC(=O)O)OC(=O)C[C@@H](C)OC(=O)[C@H](C)NC(=O)OCC1c2ccccc2-c2ccccc21. The molecule has 0 saturated carbocycles. The maximum absolute atomic E-state index is 12.3. The van der Waals surface area contributed by atoms with E-state index < -0.39 is 42.3 Å². The summed E-state index contributed by atoms with van der Waals surface area (Å²) in [5.74, 6) is -2.61. The molecule has 1 amide bonds. The molecule has 2 aromatic rings. The van der Waals surface area contributed by atoms with Gasteiger partial charge in [-0.25, -0.2) is 9.59 Å². The number of amides is 1. The molecule has 186 valence electrons. The van der Waals surface area contributed by atoms with Crippen LogP contribution in [0.4, 0.5) is 4.79 Å². The van der Waals surface area contributed by atoms with Gasteiger partial charge in [0.05, 0.1) is 12.8 Å². The largest absolute Gasteiger partial charge is 0.481 e. The zero-order valence-electron chi connectivity index (χ0n) is 19.9. The summed E-state index contributed by atoms with van der Waals surface area (Å²) in [6, 6.07) is 14.9. The van der Waals surface area contributed by atoms with Gasteiger partial charge in [-0.3, -0.25) is 9.59 Å². The van der Waals surface area contributed by atoms with Crippen LogP contribution in [0.25, 0.3) is 11.1 Å². The van der Waals surface area contributed by atoms with Crippen molar-refractivity contribution >= 4 is 24.0 Å². The third-order valence-electron chi connectivity index (χ3n) is 5.60. The van der Waals surface area contributed by atoms with Crippen molar-refractivity contribution in [3.8, 4) is 11.1 Å². The number of carbonyl (C=O) groups is 4. The highest BCUT2D eigenvalue weighted by Crippen LogP contribution is 2.44. The smallest absolute Gasteiger partial charge is 0.407 e. The van der Waals surface area contributed by atoms with Gasteiger partial charge in [0.2, 0.25) is 0 Å². The lowest BCUT2D eigenvalue weighted by Gasteiger charge is -2.19. The van der Waals surface area contributed by atoms with Gasteiger partial charge < -0.3 is 24.6 Å². The molecule has 0 heterocycles. The van der Waals surface area contributed by atoms with E-state index in [4.69, 9.17) is 19.3 Å². The lowest BCUT2D eigenvalue weighted by atomic mass is 9.98. The number of aliphatic carboxylic acids is 1. The van der Waals surface area contributed by atoms with E-state index in [0.29, 0.717) is 0 Å². The second-order valence-corrected chi connectivity index (χ2v) is 8.54. The number of rotatable bonds is 10. The Morgan fingerprint density at radius 3 is 1.97 bits per heavy atom. The number of esters is 2. The molecule has 2 aromatic carbocycles. The molecular weight excluding hydrogens is 454 g/mol. The van der Waals surface area contributed by atoms with E-state index in [2.05, 4.69) is 5.32 Å². The minimum atomic E-state index is -1.09. The van der Waals surface area contributed by atoms with Crippen molar-refractivity contribution in [3.05, 3.63) is 59.7 Å². The molecule has 0 bridgehead atoms. The number of hydrogen-bond acceptors (Lipinski definition) is 7. The van der Waals surface area contributed by atoms with Gasteiger partial charge in [0, 0.05) is 5.92 Å². The number of carbonyl (C=O) groups excluding carboxylic acids is 3. The number of carboxylic acid groups (broad SMARTS) is 1. The summed E-state index contributed by atoms with van der Waals surface area (Å²) in [6.07, 6.45) is -2.93. The third kappa shape index (κ3) is 6.81. The third-order valence-corrected chi connectivity index (χ3v) is 5.60. The molecule has 3 atom stereocenters. The highest BCUT2D eigenvalue weighted by atomic mass is 16.6. The Balaban J connectivity index is 1.46. The van der Waals surface area contributed by atoms with Gasteiger partial charge in [-0.1, -0.05) is 48.5 Å². The summed E-state index contributed by atoms with van der Waals surface area (Å²) >= 11 is 0. The minimum Gasteiger partial charge on any atom is -0.481 e. The first-order valence-corrected chi connectivity index (χ1v) is 11.4. The lowest BCUT2D eigenvalue weighted by molar-refractivity contribution is -0.158. The molecule has 0 spiro atoms. The number of fused-ring (bicyclic) bond motifs is 3. The second kappa shape index (κ2) is 11.5. The summed E-state index contributed by atoms with van der Waals surface area (Å²) in [6.45, 7) is 4.52. The summed E-state index contributed by atoms with van der Waals surface area (Å²) < 4.78 is 15.6. The van der Waals surface area contributed by atoms with Crippen molar-refractivity contribution in [3.63, 3.8) is 0 Å². The lowest BCUT2D eigenvalue weighted by Crippen LogP contribution is -2.41. The van der Waals surface area contributed by atoms with Gasteiger partial charge >= 0.3 is 24.0 Å². The molecule has 3 rings (SSSR count). The average Bonchev–Trinajstić information content (AvgIpc) is 3.10. The minimum absolute atomic E-state index is 0.107. The van der Waals surface area contributed by atoms with Crippen LogP contribution in [0, 0.1) is 0 Å². The van der Waals surface area contributed by atoms with E-state index in [0.717, 1.165) is 22.3 Å². The Kier molecular flexibility index (Phi) is 8.46. The van der Waals surface area contributed by atoms with E-state index in [1.807, 2.05) is 48.5 Å². The molecule has 0 aromatic heterocycles. The summed E-state index contributed by atoms with van der Waals surface area (Å²) in [7, 11) is 0. The number of ether oxygens (including phenoxy) is 3. The second-order valence-electron chi connectivity index (χ2n) is 8.54. The maximum Gasteiger partial charge on any atom is 0.407 e. The molecule has 9 nitrogen and oxygen atoms in total. The predicted octanol–water partition coefficient (Wildman–Crippen LogP) is 3.64. The molecule has 1 aliphatic carbocycles. The van der Waals surface area contributed by atoms with Gasteiger partial charge in [-0.15, -0.1) is 0 Å². The first-order chi connectivity index (χ1) is 16.7. The fraction of sp³-hybridized carbons (Fsp3) is 0.385. The van der Waals surface area contributed by atoms with Gasteiger partial charge in [0.15, 0.2) is 0 Å². The van der Waals surface area contributed by atoms with Crippen LogP contribution < -0.4 is 5.32 Å². The van der Waals surface area contributed by atoms with Gasteiger partial charge in [-0.2, -0.15) is 0 Å². The number of carboxylic acids is 1. The van der Waals surface area contributed by atoms with Crippen molar-refractivity contribution in [2.24, 2.45) is 0 Å². The highest BCUT2D eigenvalue weighted by Gasteiger charge is 2.29. The van der Waals surface area contributed by atoms with E-state index in [-0.39, 0.29) is 25.4 Å². The molecule has 0 unspecified atom stereocenters. The number of alkyl carbamates (subject to hydrolysis) is 1. The van der Waals surface area contributed by atoms with Gasteiger partial charge in [-0.05, 0) is 43.0 Å². The van der Waals surface area contributed by atoms with Gasteiger partial charge in [0.1, 0.15) is 24.9 Å². The molecule has 0 fully saturated rings. The average molecular weight is 484 g/mol. The number of benzene rings is 2. The monoisotopic (exact) mass is 483 g/mol. The molecule has 0 saturated heterocycles. The van der Waals surface area contributed by atoms with E-state index in [9.17, 15) is 19.2 Å². The van der Waals surface area contributed by atoms with Crippen LogP contribution >= 0.6 is 0 Å². The molecule has 0 aliphatic heterocycles. The normalized spacial score (nSPS) is 14.6. The van der Waals surface area contributed by atoms with Crippen molar-refractivity contribution in [1.29, 1.82) is 0 Å². The summed E-state index contributed by atoms with van der Waals surface area (Å²) in [5.41, 5.74) is 4.37. The molecule has 2 N–H and O–H groups in total. The Labute approximate surface area is 203 Å². The van der Waals surface area contributed by atoms with E-state index in [1.165, 1.54) is 20.8 Å². The van der Waals surface area contributed by atoms with Crippen LogP contribution in [0.15, 0.2) is 48.5 Å². The Hall–Kier alpha value is -3.88. The van der Waals surface area contributed by atoms with Gasteiger partial charge in [0.25, 0.3) is 0 Å². The quantitative estimate of drug-likeness (QED) is 0.387. The first kappa shape index (κ1) is 25.7. The fourth-order valence-corrected chi connectivity index (χ4v) is 4.01.